The molecule has 20 heavy (non-hydrogen) atoms. The average Bonchev–Trinajstić information content (AvgIpc) is 2.86. The zero-order valence-corrected chi connectivity index (χ0v) is 12.3. The lowest BCUT2D eigenvalue weighted by Gasteiger charge is -2.36. The fraction of sp³-hybridized carbons (Fsp3) is 0.714. The van der Waals surface area contributed by atoms with Crippen molar-refractivity contribution in [2.45, 2.75) is 43.7 Å². The molecule has 2 amide bonds. The van der Waals surface area contributed by atoms with Gasteiger partial charge in [0.05, 0.1) is 0 Å². The highest BCUT2D eigenvalue weighted by atomic mass is 16.4. The number of carboxylic acid groups (broad SMARTS) is 1. The molecule has 0 radical (unpaired) electrons. The summed E-state index contributed by atoms with van der Waals surface area (Å²) in [6, 6.07) is -1.36. The monoisotopic (exact) mass is 283 g/mol. The maximum atomic E-state index is 11.8. The average molecular weight is 283 g/mol. The highest BCUT2D eigenvalue weighted by Gasteiger charge is 2.36. The van der Waals surface area contributed by atoms with E-state index in [0.717, 1.165) is 25.7 Å². The van der Waals surface area contributed by atoms with Crippen LogP contribution in [0.4, 0.5) is 4.79 Å². The molecule has 1 atom stereocenters. The minimum atomic E-state index is -1.05. The lowest BCUT2D eigenvalue weighted by molar-refractivity contribution is -0.139. The smallest absolute Gasteiger partial charge is 0.326 e. The third-order valence-electron chi connectivity index (χ3n) is 4.07. The van der Waals surface area contributed by atoms with Gasteiger partial charge in [-0.3, -0.25) is 0 Å². The molecule has 1 aliphatic carbocycles. The number of urea groups is 1. The highest BCUT2D eigenvalue weighted by Crippen LogP contribution is 2.32. The van der Waals surface area contributed by atoms with Crippen molar-refractivity contribution in [1.82, 2.24) is 15.5 Å². The summed E-state index contributed by atoms with van der Waals surface area (Å²) in [4.78, 5) is 24.9. The first-order valence-electron chi connectivity index (χ1n) is 6.97. The van der Waals surface area contributed by atoms with Crippen LogP contribution in [0, 0.1) is 0 Å². The first-order chi connectivity index (χ1) is 9.41. The van der Waals surface area contributed by atoms with Crippen LogP contribution in [0.5, 0.6) is 0 Å². The number of rotatable bonds is 7. The van der Waals surface area contributed by atoms with Gasteiger partial charge in [-0.25, -0.2) is 9.59 Å². The number of aliphatic carboxylic acids is 1. The van der Waals surface area contributed by atoms with Gasteiger partial charge in [0.2, 0.25) is 0 Å². The van der Waals surface area contributed by atoms with E-state index in [0.29, 0.717) is 6.54 Å². The molecule has 1 unspecified atom stereocenters. The highest BCUT2D eigenvalue weighted by molar-refractivity contribution is 5.82. The van der Waals surface area contributed by atoms with E-state index in [-0.39, 0.29) is 12.0 Å². The van der Waals surface area contributed by atoms with Crippen molar-refractivity contribution in [2.75, 3.05) is 20.6 Å². The third kappa shape index (κ3) is 4.23. The van der Waals surface area contributed by atoms with E-state index in [2.05, 4.69) is 22.1 Å². The normalized spacial score (nSPS) is 18.6. The summed E-state index contributed by atoms with van der Waals surface area (Å²) in [5, 5.41) is 14.2. The number of amides is 2. The van der Waals surface area contributed by atoms with Crippen molar-refractivity contribution in [1.29, 1.82) is 0 Å². The van der Waals surface area contributed by atoms with Gasteiger partial charge in [-0.15, -0.1) is 6.58 Å². The third-order valence-corrected chi connectivity index (χ3v) is 4.07. The molecule has 0 bridgehead atoms. The van der Waals surface area contributed by atoms with Crippen molar-refractivity contribution in [3.63, 3.8) is 0 Å². The quantitative estimate of drug-likeness (QED) is 0.613. The van der Waals surface area contributed by atoms with E-state index in [4.69, 9.17) is 5.11 Å². The topological polar surface area (TPSA) is 81.7 Å². The summed E-state index contributed by atoms with van der Waals surface area (Å²) in [6.07, 6.45) is 6.12. The maximum absolute atomic E-state index is 11.8. The zero-order chi connectivity index (χ0) is 15.2. The molecule has 1 saturated carbocycles. The summed E-state index contributed by atoms with van der Waals surface area (Å²) in [6.45, 7) is 4.03. The molecular formula is C14H25N3O3. The Morgan fingerprint density at radius 2 is 2.00 bits per heavy atom. The first kappa shape index (κ1) is 16.5. The van der Waals surface area contributed by atoms with Crippen LogP contribution in [-0.4, -0.2) is 54.2 Å². The Morgan fingerprint density at radius 3 is 2.45 bits per heavy atom. The van der Waals surface area contributed by atoms with Gasteiger partial charge >= 0.3 is 12.0 Å². The minimum Gasteiger partial charge on any atom is -0.480 e. The van der Waals surface area contributed by atoms with E-state index in [1.54, 1.807) is 0 Å². The van der Waals surface area contributed by atoms with E-state index in [1.165, 1.54) is 6.08 Å². The summed E-state index contributed by atoms with van der Waals surface area (Å²) in [5.74, 6) is -1.05. The number of likely N-dealkylation sites (N-methyl/N-ethyl adjacent to an activating group) is 1. The Bertz CT molecular complexity index is 363. The second-order valence-electron chi connectivity index (χ2n) is 5.57. The van der Waals surface area contributed by atoms with Crippen LogP contribution in [-0.2, 0) is 4.79 Å². The molecule has 114 valence electrons. The van der Waals surface area contributed by atoms with Crippen molar-refractivity contribution in [2.24, 2.45) is 0 Å². The molecule has 0 aromatic carbocycles. The fourth-order valence-electron chi connectivity index (χ4n) is 2.66. The van der Waals surface area contributed by atoms with Gasteiger partial charge in [0.25, 0.3) is 0 Å². The van der Waals surface area contributed by atoms with E-state index in [1.807, 2.05) is 14.1 Å². The van der Waals surface area contributed by atoms with Crippen LogP contribution in [0.2, 0.25) is 0 Å². The van der Waals surface area contributed by atoms with Crippen molar-refractivity contribution < 1.29 is 14.7 Å². The number of hydrogen-bond acceptors (Lipinski definition) is 3. The number of nitrogens with one attached hydrogen (secondary N) is 2. The second kappa shape index (κ2) is 7.28. The molecular weight excluding hydrogens is 258 g/mol. The van der Waals surface area contributed by atoms with Crippen molar-refractivity contribution in [3.05, 3.63) is 12.7 Å². The van der Waals surface area contributed by atoms with Gasteiger partial charge in [0.15, 0.2) is 0 Å². The molecule has 6 heteroatoms. The van der Waals surface area contributed by atoms with Crippen LogP contribution < -0.4 is 10.6 Å². The Morgan fingerprint density at radius 1 is 1.40 bits per heavy atom. The lowest BCUT2D eigenvalue weighted by Crippen LogP contribution is -2.54. The molecule has 1 rings (SSSR count). The van der Waals surface area contributed by atoms with E-state index < -0.39 is 18.0 Å². The Kier molecular flexibility index (Phi) is 6.01. The van der Waals surface area contributed by atoms with Crippen LogP contribution in [0.1, 0.15) is 32.1 Å². The largest absolute Gasteiger partial charge is 0.480 e. The predicted octanol–water partition coefficient (Wildman–Crippen LogP) is 1.19. The number of hydrogen-bond donors (Lipinski definition) is 3. The Labute approximate surface area is 120 Å². The number of carbonyl (C=O) groups excluding carboxylic acids is 1. The number of carbonyl (C=O) groups is 2. The molecule has 0 saturated heterocycles. The minimum absolute atomic E-state index is 0.00546. The standard InChI is InChI=1S/C14H25N3O3/c1-4-7-11(12(18)19)16-13(20)15-10-14(17(2)3)8-5-6-9-14/h4,11H,1,5-10H2,2-3H3,(H,18,19)(H2,15,16,20). The van der Waals surface area contributed by atoms with Gasteiger partial charge < -0.3 is 20.6 Å². The van der Waals surface area contributed by atoms with E-state index in [9.17, 15) is 9.59 Å². The van der Waals surface area contributed by atoms with Crippen LogP contribution in [0.15, 0.2) is 12.7 Å². The Balaban J connectivity index is 2.49. The van der Waals surface area contributed by atoms with Gasteiger partial charge in [-0.1, -0.05) is 18.9 Å². The molecule has 1 aliphatic rings. The van der Waals surface area contributed by atoms with Crippen molar-refractivity contribution >= 4 is 12.0 Å². The molecule has 0 aromatic heterocycles. The van der Waals surface area contributed by atoms with Gasteiger partial charge in [0.1, 0.15) is 6.04 Å². The molecule has 0 heterocycles. The van der Waals surface area contributed by atoms with Crippen LogP contribution in [0.25, 0.3) is 0 Å². The fourth-order valence-corrected chi connectivity index (χ4v) is 2.66. The second-order valence-corrected chi connectivity index (χ2v) is 5.57. The summed E-state index contributed by atoms with van der Waals surface area (Å²) >= 11 is 0. The predicted molar refractivity (Wildman–Crippen MR) is 77.7 cm³/mol. The van der Waals surface area contributed by atoms with Gasteiger partial charge in [-0.05, 0) is 33.4 Å². The SMILES string of the molecule is C=CCC(NC(=O)NCC1(N(C)C)CCCC1)C(=O)O. The van der Waals surface area contributed by atoms with Crippen LogP contribution >= 0.6 is 0 Å². The molecule has 0 spiro atoms. The molecule has 6 nitrogen and oxygen atoms in total. The van der Waals surface area contributed by atoms with Gasteiger partial charge in [-0.2, -0.15) is 0 Å². The lowest BCUT2D eigenvalue weighted by atomic mass is 9.96. The van der Waals surface area contributed by atoms with Crippen LogP contribution in [0.3, 0.4) is 0 Å². The van der Waals surface area contributed by atoms with E-state index >= 15 is 0 Å². The molecule has 0 aliphatic heterocycles. The summed E-state index contributed by atoms with van der Waals surface area (Å²) in [5.41, 5.74) is -0.00546. The molecule has 1 fully saturated rings. The Hall–Kier alpha value is -1.56. The van der Waals surface area contributed by atoms with Crippen molar-refractivity contribution in [3.8, 4) is 0 Å². The first-order valence-corrected chi connectivity index (χ1v) is 6.97. The van der Waals surface area contributed by atoms with Gasteiger partial charge in [0, 0.05) is 12.1 Å². The maximum Gasteiger partial charge on any atom is 0.326 e. The summed E-state index contributed by atoms with van der Waals surface area (Å²) in [7, 11) is 4.03. The number of carboxylic acids is 1. The molecule has 3 N–H and O–H groups in total. The molecule has 0 aromatic rings. The zero-order valence-electron chi connectivity index (χ0n) is 12.3. The summed E-state index contributed by atoms with van der Waals surface area (Å²) < 4.78 is 0. The number of nitrogens with zero attached hydrogens (tertiary/aromatic N) is 1.